The molecule has 0 aliphatic carbocycles. The first kappa shape index (κ1) is 17.3. The third-order valence-electron chi connectivity index (χ3n) is 5.97. The molecule has 1 spiro atoms. The maximum absolute atomic E-state index is 12.7. The summed E-state index contributed by atoms with van der Waals surface area (Å²) in [5.74, 6) is 0.787. The first-order valence-electron chi connectivity index (χ1n) is 9.29. The van der Waals surface area contributed by atoms with Gasteiger partial charge in [-0.3, -0.25) is 14.6 Å². The number of aliphatic hydroxyl groups is 1. The summed E-state index contributed by atoms with van der Waals surface area (Å²) < 4.78 is 5.68. The molecule has 0 aromatic heterocycles. The Kier molecular flexibility index (Phi) is 4.36. The van der Waals surface area contributed by atoms with E-state index in [1.807, 2.05) is 0 Å². The number of nitrogens with one attached hydrogen (secondary N) is 1. The molecule has 1 unspecified atom stereocenters. The number of β-amino-alcohol motifs (C(OH)–C–C–N with tert-alkyl or cyclic N) is 1. The predicted octanol–water partition coefficient (Wildman–Crippen LogP) is 1.06. The molecule has 3 aliphatic heterocycles. The van der Waals surface area contributed by atoms with E-state index in [-0.39, 0.29) is 31.1 Å². The Morgan fingerprint density at radius 2 is 2.08 bits per heavy atom. The number of aliphatic hydroxyl groups excluding tert-OH is 1. The minimum atomic E-state index is -0.802. The number of benzene rings is 1. The summed E-state index contributed by atoms with van der Waals surface area (Å²) in [6.45, 7) is 4.24. The topological polar surface area (TPSA) is 82.1 Å². The summed E-state index contributed by atoms with van der Waals surface area (Å²) in [5, 5.41) is 11.9. The number of fused-ring (bicyclic) bond motifs is 1. The van der Waals surface area contributed by atoms with E-state index in [1.165, 1.54) is 11.1 Å². The Balaban J connectivity index is 1.43. The largest absolute Gasteiger partial charge is 0.493 e. The van der Waals surface area contributed by atoms with Gasteiger partial charge in [-0.1, -0.05) is 12.1 Å². The number of nitrogens with zero attached hydrogens (tertiary/aromatic N) is 2. The second kappa shape index (κ2) is 6.55. The number of amides is 3. The van der Waals surface area contributed by atoms with Gasteiger partial charge in [0, 0.05) is 25.6 Å². The van der Waals surface area contributed by atoms with Crippen LogP contribution in [0.3, 0.4) is 0 Å². The van der Waals surface area contributed by atoms with Gasteiger partial charge in [0.2, 0.25) is 0 Å². The molecule has 1 aromatic carbocycles. The maximum Gasteiger partial charge on any atom is 0.325 e. The molecule has 1 atom stereocenters. The summed E-state index contributed by atoms with van der Waals surface area (Å²) in [5.41, 5.74) is 1.68. The van der Waals surface area contributed by atoms with Crippen molar-refractivity contribution in [1.29, 1.82) is 0 Å². The van der Waals surface area contributed by atoms with Crippen LogP contribution in [0.25, 0.3) is 0 Å². The van der Waals surface area contributed by atoms with E-state index in [0.29, 0.717) is 12.8 Å². The van der Waals surface area contributed by atoms with Crippen LogP contribution in [-0.4, -0.2) is 65.2 Å². The van der Waals surface area contributed by atoms with E-state index in [0.717, 1.165) is 36.8 Å². The molecule has 3 aliphatic rings. The highest BCUT2D eigenvalue weighted by Crippen LogP contribution is 2.35. The van der Waals surface area contributed by atoms with Crippen molar-refractivity contribution in [3.05, 3.63) is 29.3 Å². The van der Waals surface area contributed by atoms with Crippen LogP contribution in [0.15, 0.2) is 18.2 Å². The predicted molar refractivity (Wildman–Crippen MR) is 94.9 cm³/mol. The van der Waals surface area contributed by atoms with Crippen molar-refractivity contribution in [2.75, 3.05) is 32.8 Å². The van der Waals surface area contributed by atoms with E-state index in [4.69, 9.17) is 9.84 Å². The molecule has 1 aromatic rings. The Morgan fingerprint density at radius 1 is 1.31 bits per heavy atom. The molecule has 0 bridgehead atoms. The Labute approximate surface area is 152 Å². The molecular weight excluding hydrogens is 334 g/mol. The highest BCUT2D eigenvalue weighted by molar-refractivity contribution is 6.07. The molecule has 2 saturated heterocycles. The van der Waals surface area contributed by atoms with Gasteiger partial charge in [0.15, 0.2) is 0 Å². The van der Waals surface area contributed by atoms with Crippen molar-refractivity contribution in [1.82, 2.24) is 15.1 Å². The zero-order chi connectivity index (χ0) is 18.3. The van der Waals surface area contributed by atoms with Crippen LogP contribution >= 0.6 is 0 Å². The number of rotatable bonds is 4. The van der Waals surface area contributed by atoms with Crippen LogP contribution in [0.2, 0.25) is 0 Å². The smallest absolute Gasteiger partial charge is 0.325 e. The summed E-state index contributed by atoms with van der Waals surface area (Å²) in [6, 6.07) is 6.27. The van der Waals surface area contributed by atoms with E-state index in [9.17, 15) is 9.59 Å². The zero-order valence-corrected chi connectivity index (χ0v) is 15.0. The summed E-state index contributed by atoms with van der Waals surface area (Å²) >= 11 is 0. The van der Waals surface area contributed by atoms with E-state index in [2.05, 4.69) is 35.3 Å². The molecule has 2 N–H and O–H groups in total. The number of carbonyl (C=O) groups is 2. The molecule has 140 valence electrons. The molecular formula is C19H25N3O4. The third kappa shape index (κ3) is 2.75. The summed E-state index contributed by atoms with van der Waals surface area (Å²) in [4.78, 5) is 28.2. The van der Waals surface area contributed by atoms with Gasteiger partial charge in [0.25, 0.3) is 5.91 Å². The number of carbonyl (C=O) groups excluding carboxylic acids is 2. The first-order chi connectivity index (χ1) is 12.5. The Morgan fingerprint density at radius 3 is 2.81 bits per heavy atom. The highest BCUT2D eigenvalue weighted by Gasteiger charge is 2.52. The second-order valence-electron chi connectivity index (χ2n) is 7.37. The van der Waals surface area contributed by atoms with Gasteiger partial charge in [0.05, 0.1) is 19.8 Å². The lowest BCUT2D eigenvalue weighted by atomic mass is 9.86. The maximum atomic E-state index is 12.7. The number of imide groups is 1. The number of likely N-dealkylation sites (tertiary alicyclic amines) is 1. The number of hydrogen-bond donors (Lipinski definition) is 2. The molecule has 0 saturated carbocycles. The van der Waals surface area contributed by atoms with Gasteiger partial charge in [-0.05, 0) is 37.0 Å². The van der Waals surface area contributed by atoms with Crippen LogP contribution in [0.5, 0.6) is 5.75 Å². The average Bonchev–Trinajstić information content (AvgIpc) is 3.20. The highest BCUT2D eigenvalue weighted by atomic mass is 16.5. The minimum Gasteiger partial charge on any atom is -0.493 e. The standard InChI is InChI=1S/C19H25N3O4/c1-13(15-3-2-14-4-11-26-16(14)12-15)21-7-5-19(6-8-21)17(24)22(9-10-23)18(25)20-19/h2-3,12-13,23H,4-11H2,1H3,(H,20,25). The number of ether oxygens (including phenoxy) is 1. The van der Waals surface area contributed by atoms with Crippen LogP contribution in [0, 0.1) is 0 Å². The zero-order valence-electron chi connectivity index (χ0n) is 15.0. The minimum absolute atomic E-state index is 0.0572. The molecule has 4 rings (SSSR count). The fourth-order valence-corrected chi connectivity index (χ4v) is 4.26. The lowest BCUT2D eigenvalue weighted by Gasteiger charge is -2.40. The fourth-order valence-electron chi connectivity index (χ4n) is 4.26. The van der Waals surface area contributed by atoms with Crippen molar-refractivity contribution in [2.45, 2.75) is 37.8 Å². The van der Waals surface area contributed by atoms with E-state index < -0.39 is 5.54 Å². The van der Waals surface area contributed by atoms with Crippen LogP contribution in [0.1, 0.15) is 36.9 Å². The Hall–Kier alpha value is -2.12. The Bertz CT molecular complexity index is 727. The van der Waals surface area contributed by atoms with Crippen molar-refractivity contribution in [2.24, 2.45) is 0 Å². The lowest BCUT2D eigenvalue weighted by Crippen LogP contribution is -2.55. The average molecular weight is 359 g/mol. The molecule has 3 heterocycles. The van der Waals surface area contributed by atoms with Gasteiger partial charge in [0.1, 0.15) is 11.3 Å². The molecule has 3 amide bonds. The molecule has 7 nitrogen and oxygen atoms in total. The van der Waals surface area contributed by atoms with Crippen molar-refractivity contribution in [3.63, 3.8) is 0 Å². The quantitative estimate of drug-likeness (QED) is 0.786. The fraction of sp³-hybridized carbons (Fsp3) is 0.579. The lowest BCUT2D eigenvalue weighted by molar-refractivity contribution is -0.133. The van der Waals surface area contributed by atoms with Gasteiger partial charge in [-0.2, -0.15) is 0 Å². The normalized spacial score (nSPS) is 23.1. The van der Waals surface area contributed by atoms with Crippen LogP contribution in [0.4, 0.5) is 4.79 Å². The number of urea groups is 1. The van der Waals surface area contributed by atoms with Gasteiger partial charge < -0.3 is 15.2 Å². The summed E-state index contributed by atoms with van der Waals surface area (Å²) in [7, 11) is 0. The van der Waals surface area contributed by atoms with Crippen LogP contribution < -0.4 is 10.1 Å². The van der Waals surface area contributed by atoms with Gasteiger partial charge in [-0.25, -0.2) is 4.79 Å². The monoisotopic (exact) mass is 359 g/mol. The van der Waals surface area contributed by atoms with E-state index in [1.54, 1.807) is 0 Å². The third-order valence-corrected chi connectivity index (χ3v) is 5.97. The summed E-state index contributed by atoms with van der Waals surface area (Å²) in [6.07, 6.45) is 2.15. The molecule has 7 heteroatoms. The first-order valence-corrected chi connectivity index (χ1v) is 9.29. The van der Waals surface area contributed by atoms with Gasteiger partial charge >= 0.3 is 6.03 Å². The number of piperidine rings is 1. The molecule has 0 radical (unpaired) electrons. The molecule has 2 fully saturated rings. The molecule has 26 heavy (non-hydrogen) atoms. The van der Waals surface area contributed by atoms with E-state index >= 15 is 0 Å². The van der Waals surface area contributed by atoms with Crippen molar-refractivity contribution >= 4 is 11.9 Å². The van der Waals surface area contributed by atoms with Gasteiger partial charge in [-0.15, -0.1) is 0 Å². The van der Waals surface area contributed by atoms with Crippen molar-refractivity contribution in [3.8, 4) is 5.75 Å². The number of hydrogen-bond acceptors (Lipinski definition) is 5. The van der Waals surface area contributed by atoms with Crippen molar-refractivity contribution < 1.29 is 19.4 Å². The second-order valence-corrected chi connectivity index (χ2v) is 7.37. The SMILES string of the molecule is CC(c1ccc2c(c1)OCC2)N1CCC2(CC1)NC(=O)N(CCO)C2=O. The van der Waals surface area contributed by atoms with Crippen LogP contribution in [-0.2, 0) is 11.2 Å².